The highest BCUT2D eigenvalue weighted by Crippen LogP contribution is 2.27. The fourth-order valence-electron chi connectivity index (χ4n) is 2.41. The van der Waals surface area contributed by atoms with Gasteiger partial charge >= 0.3 is 5.97 Å². The molecule has 0 aliphatic rings. The summed E-state index contributed by atoms with van der Waals surface area (Å²) in [5.41, 5.74) is 3.51. The number of ether oxygens (including phenoxy) is 1. The van der Waals surface area contributed by atoms with Crippen LogP contribution in [0.4, 0.5) is 0 Å². The van der Waals surface area contributed by atoms with Gasteiger partial charge in [-0.05, 0) is 42.3 Å². The fourth-order valence-corrected chi connectivity index (χ4v) is 2.41. The number of aromatic carboxylic acids is 1. The van der Waals surface area contributed by atoms with E-state index in [4.69, 9.17) is 4.74 Å². The minimum absolute atomic E-state index is 0.200. The third-order valence-electron chi connectivity index (χ3n) is 3.69. The number of rotatable bonds is 5. The van der Waals surface area contributed by atoms with Crippen LogP contribution < -0.4 is 4.74 Å². The first-order chi connectivity index (χ1) is 11.6. The number of carboxylic acid groups (broad SMARTS) is 1. The lowest BCUT2D eigenvalue weighted by Gasteiger charge is -2.11. The van der Waals surface area contributed by atoms with Crippen molar-refractivity contribution in [1.82, 2.24) is 4.98 Å². The molecule has 0 spiro atoms. The topological polar surface area (TPSA) is 59.4 Å². The summed E-state index contributed by atoms with van der Waals surface area (Å²) >= 11 is 0. The van der Waals surface area contributed by atoms with Crippen LogP contribution in [0.15, 0.2) is 66.9 Å². The average Bonchev–Trinajstić information content (AvgIpc) is 2.61. The van der Waals surface area contributed by atoms with E-state index in [0.717, 1.165) is 16.8 Å². The lowest BCUT2D eigenvalue weighted by atomic mass is 10.0. The molecule has 24 heavy (non-hydrogen) atoms. The van der Waals surface area contributed by atoms with E-state index >= 15 is 0 Å². The fraction of sp³-hybridized carbons (Fsp3) is 0.100. The molecule has 0 atom stereocenters. The van der Waals surface area contributed by atoms with Crippen molar-refractivity contribution < 1.29 is 14.6 Å². The Labute approximate surface area is 140 Å². The van der Waals surface area contributed by atoms with Crippen LogP contribution in [0.3, 0.4) is 0 Å². The van der Waals surface area contributed by atoms with E-state index in [-0.39, 0.29) is 5.56 Å². The molecule has 0 saturated carbocycles. The number of aromatic nitrogens is 1. The maximum absolute atomic E-state index is 11.6. The Bertz CT molecular complexity index is 843. The zero-order chi connectivity index (χ0) is 16.9. The summed E-state index contributed by atoms with van der Waals surface area (Å²) in [4.78, 5) is 15.8. The molecule has 3 aromatic rings. The molecule has 3 rings (SSSR count). The van der Waals surface area contributed by atoms with Crippen LogP contribution in [-0.4, -0.2) is 16.1 Å². The van der Waals surface area contributed by atoms with E-state index in [1.807, 2.05) is 49.4 Å². The largest absolute Gasteiger partial charge is 0.489 e. The Kier molecular flexibility index (Phi) is 4.57. The molecule has 0 saturated heterocycles. The molecule has 1 N–H and O–H groups in total. The summed E-state index contributed by atoms with van der Waals surface area (Å²) in [6.07, 6.45) is 1.68. The second-order valence-electron chi connectivity index (χ2n) is 5.48. The van der Waals surface area contributed by atoms with Crippen LogP contribution in [0.2, 0.25) is 0 Å². The molecule has 1 heterocycles. The maximum Gasteiger partial charge on any atom is 0.336 e. The zero-order valence-electron chi connectivity index (χ0n) is 13.3. The summed E-state index contributed by atoms with van der Waals surface area (Å²) in [7, 11) is 0. The van der Waals surface area contributed by atoms with Gasteiger partial charge < -0.3 is 9.84 Å². The highest BCUT2D eigenvalue weighted by Gasteiger charge is 2.13. The molecule has 2 aromatic carbocycles. The monoisotopic (exact) mass is 319 g/mol. The van der Waals surface area contributed by atoms with Crippen LogP contribution in [0.25, 0.3) is 11.1 Å². The first kappa shape index (κ1) is 15.7. The van der Waals surface area contributed by atoms with E-state index in [1.54, 1.807) is 24.4 Å². The summed E-state index contributed by atoms with van der Waals surface area (Å²) in [5.74, 6) is -0.462. The number of hydrogen-bond acceptors (Lipinski definition) is 3. The Morgan fingerprint density at radius 1 is 1.08 bits per heavy atom. The van der Waals surface area contributed by atoms with Crippen LogP contribution in [0, 0.1) is 6.92 Å². The molecule has 4 nitrogen and oxygen atoms in total. The van der Waals surface area contributed by atoms with E-state index < -0.39 is 5.97 Å². The molecular weight excluding hydrogens is 302 g/mol. The van der Waals surface area contributed by atoms with Crippen LogP contribution in [0.5, 0.6) is 5.75 Å². The van der Waals surface area contributed by atoms with Gasteiger partial charge in [0.2, 0.25) is 0 Å². The lowest BCUT2D eigenvalue weighted by molar-refractivity contribution is 0.0697. The van der Waals surface area contributed by atoms with Gasteiger partial charge in [-0.15, -0.1) is 0 Å². The van der Waals surface area contributed by atoms with Gasteiger partial charge in [0.05, 0.1) is 5.56 Å². The van der Waals surface area contributed by atoms with Crippen molar-refractivity contribution in [2.45, 2.75) is 13.5 Å². The Balaban J connectivity index is 1.87. The average molecular weight is 319 g/mol. The number of nitrogens with zero attached hydrogens (tertiary/aromatic N) is 1. The molecule has 0 aliphatic carbocycles. The molecule has 4 heteroatoms. The van der Waals surface area contributed by atoms with Gasteiger partial charge in [-0.1, -0.05) is 36.4 Å². The van der Waals surface area contributed by atoms with Gasteiger partial charge in [0.15, 0.2) is 0 Å². The third kappa shape index (κ3) is 3.60. The third-order valence-corrected chi connectivity index (χ3v) is 3.69. The van der Waals surface area contributed by atoms with Crippen molar-refractivity contribution in [2.24, 2.45) is 0 Å². The van der Waals surface area contributed by atoms with Crippen LogP contribution in [0.1, 0.15) is 21.6 Å². The van der Waals surface area contributed by atoms with Crippen molar-refractivity contribution in [3.8, 4) is 16.9 Å². The minimum Gasteiger partial charge on any atom is -0.489 e. The van der Waals surface area contributed by atoms with Gasteiger partial charge in [0.1, 0.15) is 12.4 Å². The molecule has 120 valence electrons. The van der Waals surface area contributed by atoms with E-state index in [1.165, 1.54) is 0 Å². The zero-order valence-corrected chi connectivity index (χ0v) is 13.3. The number of pyridine rings is 1. The Morgan fingerprint density at radius 2 is 1.88 bits per heavy atom. The highest BCUT2D eigenvalue weighted by molar-refractivity contribution is 5.96. The number of hydrogen-bond donors (Lipinski definition) is 1. The number of aryl methyl sites for hydroxylation is 1. The summed E-state index contributed by atoms with van der Waals surface area (Å²) in [6, 6.07) is 18.6. The minimum atomic E-state index is -0.990. The van der Waals surface area contributed by atoms with Crippen LogP contribution >= 0.6 is 0 Å². The molecule has 1 aromatic heterocycles. The van der Waals surface area contributed by atoms with Gasteiger partial charge in [-0.3, -0.25) is 4.98 Å². The molecular formula is C20H17NO3. The summed E-state index contributed by atoms with van der Waals surface area (Å²) in [5, 5.41) is 9.52. The molecule has 0 fully saturated rings. The molecule has 0 amide bonds. The van der Waals surface area contributed by atoms with Gasteiger partial charge in [0, 0.05) is 17.5 Å². The molecule has 0 unspecified atom stereocenters. The maximum atomic E-state index is 11.6. The highest BCUT2D eigenvalue weighted by atomic mass is 16.5. The molecule has 0 radical (unpaired) electrons. The first-order valence-corrected chi connectivity index (χ1v) is 7.60. The number of carbonyl (C=O) groups is 1. The van der Waals surface area contributed by atoms with Crippen molar-refractivity contribution in [3.05, 3.63) is 83.7 Å². The van der Waals surface area contributed by atoms with E-state index in [0.29, 0.717) is 17.9 Å². The summed E-state index contributed by atoms with van der Waals surface area (Å²) < 4.78 is 5.71. The smallest absolute Gasteiger partial charge is 0.336 e. The summed E-state index contributed by atoms with van der Waals surface area (Å²) in [6.45, 7) is 2.29. The second kappa shape index (κ2) is 6.96. The van der Waals surface area contributed by atoms with Crippen molar-refractivity contribution in [1.29, 1.82) is 0 Å². The van der Waals surface area contributed by atoms with E-state index in [9.17, 15) is 9.90 Å². The second-order valence-corrected chi connectivity index (χ2v) is 5.48. The van der Waals surface area contributed by atoms with E-state index in [2.05, 4.69) is 4.98 Å². The van der Waals surface area contributed by atoms with Crippen molar-refractivity contribution in [3.63, 3.8) is 0 Å². The van der Waals surface area contributed by atoms with Crippen molar-refractivity contribution >= 4 is 5.97 Å². The predicted molar refractivity (Wildman–Crippen MR) is 92.1 cm³/mol. The Hall–Kier alpha value is -3.14. The number of benzene rings is 2. The standard InChI is InChI=1S/C20H17NO3/c1-14-7-8-16(12-21-14)18-10-9-17(11-19(18)20(22)23)24-13-15-5-3-2-4-6-15/h2-12H,13H2,1H3,(H,22,23). The SMILES string of the molecule is Cc1ccc(-c2ccc(OCc3ccccc3)cc2C(=O)O)cn1. The van der Waals surface area contributed by atoms with Gasteiger partial charge in [0.25, 0.3) is 0 Å². The predicted octanol–water partition coefficient (Wildman–Crippen LogP) is 4.33. The first-order valence-electron chi connectivity index (χ1n) is 7.60. The number of carboxylic acids is 1. The lowest BCUT2D eigenvalue weighted by Crippen LogP contribution is -2.02. The molecule has 0 bridgehead atoms. The quantitative estimate of drug-likeness (QED) is 0.760. The molecule has 0 aliphatic heterocycles. The van der Waals surface area contributed by atoms with Crippen molar-refractivity contribution in [2.75, 3.05) is 0 Å². The van der Waals surface area contributed by atoms with Crippen LogP contribution in [-0.2, 0) is 6.61 Å². The Morgan fingerprint density at radius 3 is 2.54 bits per heavy atom. The van der Waals surface area contributed by atoms with Gasteiger partial charge in [-0.2, -0.15) is 0 Å². The van der Waals surface area contributed by atoms with Gasteiger partial charge in [-0.25, -0.2) is 4.79 Å². The normalized spacial score (nSPS) is 10.4.